The molecule has 0 spiro atoms. The van der Waals surface area contributed by atoms with Crippen LogP contribution in [0.1, 0.15) is 29.5 Å². The first kappa shape index (κ1) is 27.7. The largest absolute Gasteiger partial charge is 0.496 e. The molecule has 6 rings (SSSR count). The van der Waals surface area contributed by atoms with Crippen LogP contribution in [0.4, 0.5) is 17.6 Å². The molecule has 1 atom stereocenters. The molecule has 12 heteroatoms. The smallest absolute Gasteiger partial charge is 0.269 e. The fourth-order valence-electron chi connectivity index (χ4n) is 5.39. The van der Waals surface area contributed by atoms with Crippen molar-refractivity contribution in [2.75, 3.05) is 30.5 Å². The van der Waals surface area contributed by atoms with Crippen LogP contribution >= 0.6 is 0 Å². The summed E-state index contributed by atoms with van der Waals surface area (Å²) in [5.74, 6) is 2.03. The molecule has 1 saturated heterocycles. The Morgan fingerprint density at radius 1 is 1.10 bits per heavy atom. The molecule has 1 aliphatic heterocycles. The van der Waals surface area contributed by atoms with Crippen LogP contribution < -0.4 is 15.0 Å². The van der Waals surface area contributed by atoms with Gasteiger partial charge in [-0.1, -0.05) is 17.7 Å². The average Bonchev–Trinajstić information content (AvgIpc) is 3.74. The molecule has 218 valence electrons. The fourth-order valence-corrected chi connectivity index (χ4v) is 6.68. The van der Waals surface area contributed by atoms with E-state index in [9.17, 15) is 13.5 Å². The van der Waals surface area contributed by atoms with Gasteiger partial charge in [0.25, 0.3) is 10.0 Å². The minimum absolute atomic E-state index is 0.0273. The molecule has 0 aliphatic carbocycles. The number of ether oxygens (including phenoxy) is 1. The molecule has 2 aromatic carbocycles. The maximum Gasteiger partial charge on any atom is 0.269 e. The van der Waals surface area contributed by atoms with Crippen molar-refractivity contribution in [1.29, 1.82) is 0 Å². The number of aryl methyl sites for hydroxylation is 2. The molecule has 0 bridgehead atoms. The first-order chi connectivity index (χ1) is 20.2. The Kier molecular flexibility index (Phi) is 7.11. The molecule has 3 aromatic heterocycles. The highest BCUT2D eigenvalue weighted by molar-refractivity contribution is 7.90. The first-order valence-corrected chi connectivity index (χ1v) is 15.2. The van der Waals surface area contributed by atoms with Crippen LogP contribution in [0.2, 0.25) is 0 Å². The van der Waals surface area contributed by atoms with Gasteiger partial charge < -0.3 is 24.6 Å². The monoisotopic (exact) mass is 587 g/mol. The first-order valence-electron chi connectivity index (χ1n) is 13.7. The van der Waals surface area contributed by atoms with Crippen LogP contribution in [0.25, 0.3) is 16.7 Å². The number of nitrogens with zero attached hydrogens (tertiary/aromatic N) is 6. The predicted octanol–water partition coefficient (Wildman–Crippen LogP) is 4.49. The van der Waals surface area contributed by atoms with Crippen LogP contribution in [-0.4, -0.2) is 63.3 Å². The third kappa shape index (κ3) is 4.86. The number of fused-ring (bicyclic) bond motifs is 1. The quantitative estimate of drug-likeness (QED) is 0.270. The second-order valence-electron chi connectivity index (χ2n) is 10.6. The Morgan fingerprint density at radius 2 is 1.88 bits per heavy atom. The van der Waals surface area contributed by atoms with E-state index >= 15 is 0 Å². The summed E-state index contributed by atoms with van der Waals surface area (Å²) in [6, 6.07) is 12.3. The van der Waals surface area contributed by atoms with Crippen LogP contribution in [0.3, 0.4) is 0 Å². The van der Waals surface area contributed by atoms with Crippen molar-refractivity contribution in [2.45, 2.75) is 44.6 Å². The van der Waals surface area contributed by atoms with Crippen LogP contribution in [0.15, 0.2) is 66.1 Å². The number of nitrogens with one attached hydrogen (secondary N) is 1. The molecule has 11 nitrogen and oxygen atoms in total. The van der Waals surface area contributed by atoms with E-state index in [0.29, 0.717) is 23.6 Å². The van der Waals surface area contributed by atoms with E-state index in [4.69, 9.17) is 9.72 Å². The van der Waals surface area contributed by atoms with Gasteiger partial charge in [0.1, 0.15) is 17.9 Å². The van der Waals surface area contributed by atoms with Gasteiger partial charge in [0.2, 0.25) is 5.95 Å². The van der Waals surface area contributed by atoms with Crippen molar-refractivity contribution in [3.8, 4) is 11.4 Å². The molecule has 0 radical (unpaired) electrons. The van der Waals surface area contributed by atoms with E-state index < -0.39 is 10.0 Å². The molecular formula is C30H33N7O4S. The maximum absolute atomic E-state index is 13.7. The van der Waals surface area contributed by atoms with Gasteiger partial charge in [-0.25, -0.2) is 17.4 Å². The van der Waals surface area contributed by atoms with Gasteiger partial charge in [-0.05, 0) is 69.0 Å². The van der Waals surface area contributed by atoms with E-state index in [0.717, 1.165) is 41.0 Å². The van der Waals surface area contributed by atoms with E-state index in [1.165, 1.54) is 10.2 Å². The minimum atomic E-state index is -3.94. The minimum Gasteiger partial charge on any atom is -0.496 e. The number of hydrogen-bond donors (Lipinski definition) is 2. The topological polar surface area (TPSA) is 127 Å². The highest BCUT2D eigenvalue weighted by Crippen LogP contribution is 2.34. The Bertz CT molecular complexity index is 1880. The number of aromatic nitrogens is 5. The lowest BCUT2D eigenvalue weighted by atomic mass is 10.1. The standard InChI is InChI=1S/C30H33N7O4S/c1-19-7-9-24(10-8-19)42(39,40)37-13-11-25-28(36-12-5-6-22(36)17-38)33-30(34-29(25)37)32-27-16-35(18-31-27)23-14-20(2)21(3)26(15-23)41-4/h7-11,13-16,18,22,38H,5-6,12,17H2,1-4H3,(H,32,33,34)/t22-/m0/s1. The van der Waals surface area contributed by atoms with Crippen molar-refractivity contribution < 1.29 is 18.3 Å². The third-order valence-electron chi connectivity index (χ3n) is 7.87. The molecule has 0 saturated carbocycles. The average molecular weight is 588 g/mol. The summed E-state index contributed by atoms with van der Waals surface area (Å²) in [6.07, 6.45) is 6.71. The highest BCUT2D eigenvalue weighted by Gasteiger charge is 2.29. The lowest BCUT2D eigenvalue weighted by Gasteiger charge is -2.25. The fraction of sp³-hybridized carbons (Fsp3) is 0.300. The zero-order valence-electron chi connectivity index (χ0n) is 23.9. The number of anilines is 3. The second-order valence-corrected chi connectivity index (χ2v) is 12.4. The molecule has 0 amide bonds. The highest BCUT2D eigenvalue weighted by atomic mass is 32.2. The van der Waals surface area contributed by atoms with E-state index in [1.54, 1.807) is 43.8 Å². The van der Waals surface area contributed by atoms with Gasteiger partial charge in [0.15, 0.2) is 11.5 Å². The Morgan fingerprint density at radius 3 is 2.62 bits per heavy atom. The summed E-state index contributed by atoms with van der Waals surface area (Å²) in [4.78, 5) is 16.2. The zero-order valence-corrected chi connectivity index (χ0v) is 24.8. The van der Waals surface area contributed by atoms with Crippen LogP contribution in [0.5, 0.6) is 5.75 Å². The number of hydrogen-bond acceptors (Lipinski definition) is 9. The van der Waals surface area contributed by atoms with Crippen LogP contribution in [-0.2, 0) is 10.0 Å². The van der Waals surface area contributed by atoms with Gasteiger partial charge in [-0.3, -0.25) is 0 Å². The zero-order chi connectivity index (χ0) is 29.6. The predicted molar refractivity (Wildman–Crippen MR) is 162 cm³/mol. The Hall–Kier alpha value is -4.42. The van der Waals surface area contributed by atoms with Gasteiger partial charge >= 0.3 is 0 Å². The molecular weight excluding hydrogens is 554 g/mol. The lowest BCUT2D eigenvalue weighted by Crippen LogP contribution is -2.33. The number of rotatable bonds is 8. The summed E-state index contributed by atoms with van der Waals surface area (Å²) in [6.45, 7) is 6.61. The van der Waals surface area contributed by atoms with Crippen molar-refractivity contribution >= 4 is 38.6 Å². The molecule has 2 N–H and O–H groups in total. The summed E-state index contributed by atoms with van der Waals surface area (Å²) >= 11 is 0. The van der Waals surface area contributed by atoms with Gasteiger partial charge in [0.05, 0.1) is 41.9 Å². The van der Waals surface area contributed by atoms with Crippen LogP contribution in [0, 0.1) is 20.8 Å². The van der Waals surface area contributed by atoms with Gasteiger partial charge in [-0.2, -0.15) is 9.97 Å². The lowest BCUT2D eigenvalue weighted by molar-refractivity contribution is 0.266. The van der Waals surface area contributed by atoms with Gasteiger partial charge in [-0.15, -0.1) is 0 Å². The molecule has 1 fully saturated rings. The number of aliphatic hydroxyl groups is 1. The van der Waals surface area contributed by atoms with Gasteiger partial charge in [0, 0.05) is 18.8 Å². The second kappa shape index (κ2) is 10.8. The number of methoxy groups -OCH3 is 1. The van der Waals surface area contributed by atoms with Crippen molar-refractivity contribution in [3.05, 3.63) is 77.9 Å². The summed E-state index contributed by atoms with van der Waals surface area (Å²) in [7, 11) is -2.29. The van der Waals surface area contributed by atoms with E-state index in [1.807, 2.05) is 42.5 Å². The Labute approximate surface area is 244 Å². The summed E-state index contributed by atoms with van der Waals surface area (Å²) in [5.41, 5.74) is 4.25. The van der Waals surface area contributed by atoms with Crippen molar-refractivity contribution in [2.24, 2.45) is 0 Å². The SMILES string of the molecule is COc1cc(-n2cnc(Nc3nc(N4CCC[C@H]4CO)c4ccn(S(=O)(=O)c5ccc(C)cc5)c4n3)c2)cc(C)c1C. The summed E-state index contributed by atoms with van der Waals surface area (Å²) < 4.78 is 36.0. The van der Waals surface area contributed by atoms with E-state index in [2.05, 4.69) is 21.4 Å². The molecule has 5 aromatic rings. The van der Waals surface area contributed by atoms with E-state index in [-0.39, 0.29) is 29.1 Å². The molecule has 4 heterocycles. The number of benzene rings is 2. The van der Waals surface area contributed by atoms with Crippen molar-refractivity contribution in [1.82, 2.24) is 23.5 Å². The summed E-state index contributed by atoms with van der Waals surface area (Å²) in [5, 5.41) is 13.8. The third-order valence-corrected chi connectivity index (χ3v) is 9.55. The number of imidazole rings is 1. The normalized spacial score (nSPS) is 15.5. The van der Waals surface area contributed by atoms with Crippen molar-refractivity contribution in [3.63, 3.8) is 0 Å². The molecule has 1 aliphatic rings. The Balaban J connectivity index is 1.43. The molecule has 0 unspecified atom stereocenters. The number of aliphatic hydroxyl groups excluding tert-OH is 1. The maximum atomic E-state index is 13.7. The molecule has 42 heavy (non-hydrogen) atoms.